The first kappa shape index (κ1) is 9.02. The summed E-state index contributed by atoms with van der Waals surface area (Å²) in [7, 11) is 0. The van der Waals surface area contributed by atoms with Crippen molar-refractivity contribution in [1.82, 2.24) is 5.01 Å². The lowest BCUT2D eigenvalue weighted by Gasteiger charge is -2.24. The second-order valence-electron chi connectivity index (χ2n) is 2.26. The molecule has 1 heterocycles. The fraction of sp³-hybridized carbons (Fsp3) is 0.333. The molecule has 1 unspecified atom stereocenters. The zero-order valence-corrected chi connectivity index (χ0v) is 6.90. The number of allylic oxidation sites excluding steroid dienone is 1. The van der Waals surface area contributed by atoms with Crippen LogP contribution in [0.2, 0.25) is 0 Å². The minimum absolute atomic E-state index is 0.234. The van der Waals surface area contributed by atoms with Crippen molar-refractivity contribution in [2.24, 2.45) is 10.8 Å². The molecular weight excluding hydrogens is 182 g/mol. The molecule has 0 radical (unpaired) electrons. The molecule has 0 spiro atoms. The van der Waals surface area contributed by atoms with Crippen molar-refractivity contribution in [3.05, 3.63) is 12.2 Å². The van der Waals surface area contributed by atoms with Gasteiger partial charge in [0.1, 0.15) is 17.9 Å². The van der Waals surface area contributed by atoms with E-state index in [1.807, 2.05) is 0 Å². The Hall–Kier alpha value is -1.07. The summed E-state index contributed by atoms with van der Waals surface area (Å²) >= 11 is 5.53. The summed E-state index contributed by atoms with van der Waals surface area (Å²) in [6.07, 6.45) is 2.60. The van der Waals surface area contributed by atoms with Crippen LogP contribution in [0.25, 0.3) is 0 Å². The number of aliphatic carboxylic acids is 1. The number of nitrogens with two attached hydrogens (primary N) is 1. The number of hydrogen-bond acceptors (Lipinski definition) is 4. The number of nitrogens with zero attached hydrogens (tertiary/aromatic N) is 2. The standard InChI is InChI=1S/C6H8ClN3O2/c7-4-1-2-5(8)10(9-4)3-6(11)12/h1-2,5H,3,8H2,(H,11,12). The maximum Gasteiger partial charge on any atom is 0.324 e. The van der Waals surface area contributed by atoms with Gasteiger partial charge in [0.25, 0.3) is 0 Å². The Kier molecular flexibility index (Phi) is 2.67. The molecule has 12 heavy (non-hydrogen) atoms. The van der Waals surface area contributed by atoms with Crippen LogP contribution >= 0.6 is 11.6 Å². The van der Waals surface area contributed by atoms with Crippen LogP contribution in [0.15, 0.2) is 17.3 Å². The SMILES string of the molecule is NC1C=CC(Cl)=NN1CC(=O)O. The summed E-state index contributed by atoms with van der Waals surface area (Å²) in [5.74, 6) is -0.992. The van der Waals surface area contributed by atoms with E-state index in [0.29, 0.717) is 0 Å². The summed E-state index contributed by atoms with van der Waals surface area (Å²) in [4.78, 5) is 10.3. The lowest BCUT2D eigenvalue weighted by Crippen LogP contribution is -2.41. The third-order valence-electron chi connectivity index (χ3n) is 1.30. The van der Waals surface area contributed by atoms with Crippen LogP contribution in [-0.2, 0) is 4.79 Å². The molecule has 3 N–H and O–H groups in total. The second-order valence-corrected chi connectivity index (χ2v) is 2.65. The Morgan fingerprint density at radius 3 is 3.17 bits per heavy atom. The van der Waals surface area contributed by atoms with E-state index in [1.54, 1.807) is 6.08 Å². The van der Waals surface area contributed by atoms with Crippen LogP contribution < -0.4 is 5.73 Å². The van der Waals surface area contributed by atoms with E-state index in [4.69, 9.17) is 22.4 Å². The third kappa shape index (κ3) is 2.21. The van der Waals surface area contributed by atoms with E-state index in [2.05, 4.69) is 5.10 Å². The summed E-state index contributed by atoms with van der Waals surface area (Å²) in [5, 5.41) is 13.6. The highest BCUT2D eigenvalue weighted by atomic mass is 35.5. The number of carboxylic acid groups (broad SMARTS) is 1. The van der Waals surface area contributed by atoms with E-state index < -0.39 is 12.1 Å². The summed E-state index contributed by atoms with van der Waals surface area (Å²) in [5.41, 5.74) is 5.50. The topological polar surface area (TPSA) is 78.9 Å². The molecule has 1 rings (SSSR count). The molecule has 0 aromatic rings. The average molecular weight is 190 g/mol. The Morgan fingerprint density at radius 2 is 2.58 bits per heavy atom. The molecule has 0 saturated heterocycles. The van der Waals surface area contributed by atoms with Crippen LogP contribution in [-0.4, -0.2) is 34.0 Å². The van der Waals surface area contributed by atoms with Crippen molar-refractivity contribution in [3.63, 3.8) is 0 Å². The van der Waals surface area contributed by atoms with Crippen molar-refractivity contribution in [1.29, 1.82) is 0 Å². The molecular formula is C6H8ClN3O2. The lowest BCUT2D eigenvalue weighted by atomic mass is 10.4. The molecule has 0 aromatic heterocycles. The van der Waals surface area contributed by atoms with Crippen LogP contribution in [0.5, 0.6) is 0 Å². The fourth-order valence-electron chi connectivity index (χ4n) is 0.779. The van der Waals surface area contributed by atoms with Crippen LogP contribution in [0.4, 0.5) is 0 Å². The predicted molar refractivity (Wildman–Crippen MR) is 44.7 cm³/mol. The van der Waals surface area contributed by atoms with Gasteiger partial charge in [-0.3, -0.25) is 9.80 Å². The number of rotatable bonds is 2. The van der Waals surface area contributed by atoms with Gasteiger partial charge in [-0.25, -0.2) is 0 Å². The van der Waals surface area contributed by atoms with Crippen LogP contribution in [0.3, 0.4) is 0 Å². The maximum atomic E-state index is 10.3. The quantitative estimate of drug-likeness (QED) is 0.630. The van der Waals surface area contributed by atoms with Gasteiger partial charge in [-0.2, -0.15) is 5.10 Å². The van der Waals surface area contributed by atoms with Gasteiger partial charge in [-0.15, -0.1) is 0 Å². The number of halogens is 1. The molecule has 1 aliphatic rings. The normalized spacial score (nSPS) is 22.3. The number of carboxylic acids is 1. The summed E-state index contributed by atoms with van der Waals surface area (Å²) in [6.45, 7) is -0.248. The minimum atomic E-state index is -0.992. The van der Waals surface area contributed by atoms with Gasteiger partial charge in [0.15, 0.2) is 0 Å². The second kappa shape index (κ2) is 3.55. The zero-order chi connectivity index (χ0) is 9.14. The average Bonchev–Trinajstić information content (AvgIpc) is 1.96. The maximum absolute atomic E-state index is 10.3. The van der Waals surface area contributed by atoms with Gasteiger partial charge >= 0.3 is 5.97 Å². The molecule has 0 amide bonds. The van der Waals surface area contributed by atoms with Crippen molar-refractivity contribution >= 4 is 22.7 Å². The lowest BCUT2D eigenvalue weighted by molar-refractivity contribution is -0.138. The smallest absolute Gasteiger partial charge is 0.324 e. The Balaban J connectivity index is 2.64. The van der Waals surface area contributed by atoms with E-state index in [-0.39, 0.29) is 11.7 Å². The van der Waals surface area contributed by atoms with E-state index >= 15 is 0 Å². The van der Waals surface area contributed by atoms with Crippen LogP contribution in [0.1, 0.15) is 0 Å². The Labute approximate surface area is 74.1 Å². The monoisotopic (exact) mass is 189 g/mol. The molecule has 0 aromatic carbocycles. The molecule has 0 bridgehead atoms. The van der Waals surface area contributed by atoms with Gasteiger partial charge in [0, 0.05) is 0 Å². The van der Waals surface area contributed by atoms with Crippen molar-refractivity contribution in [2.75, 3.05) is 6.54 Å². The van der Waals surface area contributed by atoms with E-state index in [0.717, 1.165) is 0 Å². The minimum Gasteiger partial charge on any atom is -0.480 e. The summed E-state index contributed by atoms with van der Waals surface area (Å²) < 4.78 is 0. The molecule has 1 atom stereocenters. The van der Waals surface area contributed by atoms with E-state index in [9.17, 15) is 4.79 Å². The van der Waals surface area contributed by atoms with Gasteiger partial charge in [0.05, 0.1) is 0 Å². The molecule has 6 heteroatoms. The first-order valence-corrected chi connectivity index (χ1v) is 3.63. The highest BCUT2D eigenvalue weighted by Gasteiger charge is 2.16. The highest BCUT2D eigenvalue weighted by molar-refractivity contribution is 6.68. The van der Waals surface area contributed by atoms with Gasteiger partial charge in [0.2, 0.25) is 0 Å². The third-order valence-corrected chi connectivity index (χ3v) is 1.50. The Bertz CT molecular complexity index is 251. The zero-order valence-electron chi connectivity index (χ0n) is 6.14. The van der Waals surface area contributed by atoms with Gasteiger partial charge in [-0.1, -0.05) is 11.6 Å². The largest absolute Gasteiger partial charge is 0.480 e. The van der Waals surface area contributed by atoms with Crippen molar-refractivity contribution < 1.29 is 9.90 Å². The Morgan fingerprint density at radius 1 is 1.92 bits per heavy atom. The van der Waals surface area contributed by atoms with Crippen LogP contribution in [0, 0.1) is 0 Å². The number of hydrazone groups is 1. The highest BCUT2D eigenvalue weighted by Crippen LogP contribution is 2.05. The molecule has 0 aliphatic carbocycles. The van der Waals surface area contributed by atoms with Gasteiger partial charge < -0.3 is 10.8 Å². The molecule has 1 aliphatic heterocycles. The number of carbonyl (C=O) groups is 1. The first-order chi connectivity index (χ1) is 5.59. The predicted octanol–water partition coefficient (Wildman–Crippen LogP) is -0.220. The first-order valence-electron chi connectivity index (χ1n) is 3.26. The molecule has 0 fully saturated rings. The van der Waals surface area contributed by atoms with Crippen molar-refractivity contribution in [3.8, 4) is 0 Å². The van der Waals surface area contributed by atoms with E-state index in [1.165, 1.54) is 11.1 Å². The fourth-order valence-corrected chi connectivity index (χ4v) is 0.949. The molecule has 0 saturated carbocycles. The van der Waals surface area contributed by atoms with Gasteiger partial charge in [-0.05, 0) is 12.2 Å². The molecule has 5 nitrogen and oxygen atoms in total. The number of hydrogen-bond donors (Lipinski definition) is 2. The van der Waals surface area contributed by atoms with Crippen molar-refractivity contribution in [2.45, 2.75) is 6.17 Å². The summed E-state index contributed by atoms with van der Waals surface area (Å²) in [6, 6.07) is 0. The molecule has 66 valence electrons.